The molecule has 1 saturated heterocycles. The highest BCUT2D eigenvalue weighted by molar-refractivity contribution is 7.80. The minimum atomic E-state index is -0.140. The molecule has 2 atom stereocenters. The second kappa shape index (κ2) is 8.84. The van der Waals surface area contributed by atoms with E-state index in [2.05, 4.69) is 52.7 Å². The summed E-state index contributed by atoms with van der Waals surface area (Å²) in [6.45, 7) is 6.60. The first kappa shape index (κ1) is 22.9. The van der Waals surface area contributed by atoms with E-state index in [1.807, 2.05) is 54.7 Å². The number of rotatable bonds is 4. The van der Waals surface area contributed by atoms with E-state index in [1.165, 1.54) is 0 Å². The Labute approximate surface area is 220 Å². The monoisotopic (exact) mass is 516 g/mol. The average molecular weight is 517 g/mol. The Morgan fingerprint density at radius 3 is 2.64 bits per heavy atom. The number of anilines is 1. The van der Waals surface area contributed by atoms with Crippen LogP contribution in [0.15, 0.2) is 66.9 Å². The predicted molar refractivity (Wildman–Crippen MR) is 145 cm³/mol. The van der Waals surface area contributed by atoms with Crippen LogP contribution in [0.25, 0.3) is 5.69 Å². The highest BCUT2D eigenvalue weighted by Crippen LogP contribution is 2.46. The van der Waals surface area contributed by atoms with Crippen molar-refractivity contribution in [3.63, 3.8) is 0 Å². The number of fused-ring (bicyclic) bond motifs is 1. The van der Waals surface area contributed by atoms with Crippen LogP contribution >= 0.6 is 23.8 Å². The van der Waals surface area contributed by atoms with Gasteiger partial charge in [0.25, 0.3) is 0 Å². The van der Waals surface area contributed by atoms with Gasteiger partial charge in [-0.3, -0.25) is 4.98 Å². The molecule has 0 saturated carbocycles. The van der Waals surface area contributed by atoms with Crippen molar-refractivity contribution in [2.75, 3.05) is 11.7 Å². The van der Waals surface area contributed by atoms with E-state index in [1.54, 1.807) is 0 Å². The number of nitrogens with zero attached hydrogens (tertiary/aromatic N) is 3. The molecule has 8 heteroatoms. The van der Waals surface area contributed by atoms with Gasteiger partial charge in [0.1, 0.15) is 0 Å². The normalized spacial score (nSPS) is 18.6. The van der Waals surface area contributed by atoms with Gasteiger partial charge in [0, 0.05) is 40.0 Å². The molecular formula is C28H25ClN4O2S. The summed E-state index contributed by atoms with van der Waals surface area (Å²) in [4.78, 5) is 6.84. The van der Waals surface area contributed by atoms with Crippen molar-refractivity contribution in [2.24, 2.45) is 0 Å². The lowest BCUT2D eigenvalue weighted by Gasteiger charge is -2.28. The summed E-state index contributed by atoms with van der Waals surface area (Å²) in [5.74, 6) is 1.46. The summed E-state index contributed by atoms with van der Waals surface area (Å²) in [6.07, 6.45) is 1.82. The molecule has 4 heterocycles. The van der Waals surface area contributed by atoms with Crippen molar-refractivity contribution in [3.8, 4) is 17.2 Å². The molecule has 0 unspecified atom stereocenters. The Morgan fingerprint density at radius 1 is 1.00 bits per heavy atom. The molecule has 36 heavy (non-hydrogen) atoms. The van der Waals surface area contributed by atoms with Crippen molar-refractivity contribution >= 4 is 34.6 Å². The van der Waals surface area contributed by atoms with Crippen molar-refractivity contribution in [2.45, 2.75) is 32.9 Å². The van der Waals surface area contributed by atoms with Gasteiger partial charge in [-0.1, -0.05) is 23.7 Å². The number of ether oxygens (including phenoxy) is 2. The minimum absolute atomic E-state index is 0.132. The standard InChI is InChI=1S/C28H25ClN4O2S/c1-16-7-8-19(29)13-23(16)32-17(2)12-21(18(32)3)27-26(22-6-4-5-11-30-22)31-28(36)33(27)20-9-10-24-25(14-20)35-15-34-24/h4-14,26-27H,15H2,1-3H3,(H,31,36)/t26-,27+/m0/s1. The van der Waals surface area contributed by atoms with E-state index < -0.39 is 0 Å². The van der Waals surface area contributed by atoms with E-state index >= 15 is 0 Å². The Morgan fingerprint density at radius 2 is 1.83 bits per heavy atom. The zero-order valence-corrected chi connectivity index (χ0v) is 21.7. The van der Waals surface area contributed by atoms with Crippen molar-refractivity contribution in [3.05, 3.63) is 100 Å². The molecule has 2 aromatic carbocycles. The molecule has 1 N–H and O–H groups in total. The third kappa shape index (κ3) is 3.70. The lowest BCUT2D eigenvalue weighted by Crippen LogP contribution is -2.29. The lowest BCUT2D eigenvalue weighted by molar-refractivity contribution is 0.174. The zero-order chi connectivity index (χ0) is 25.0. The SMILES string of the molecule is Cc1ccc(Cl)cc1-n1c(C)cc([C@@H]2[C@H](c3ccccn3)NC(=S)N2c2ccc3c(c2)OCO3)c1C. The third-order valence-electron chi connectivity index (χ3n) is 6.93. The van der Waals surface area contributed by atoms with Gasteiger partial charge in [-0.2, -0.15) is 0 Å². The number of hydrogen-bond acceptors (Lipinski definition) is 4. The highest BCUT2D eigenvalue weighted by Gasteiger charge is 2.42. The fraction of sp³-hybridized carbons (Fsp3) is 0.214. The van der Waals surface area contributed by atoms with Gasteiger partial charge in [0.15, 0.2) is 16.6 Å². The Hall–Kier alpha value is -3.55. The Balaban J connectivity index is 1.53. The molecule has 6 nitrogen and oxygen atoms in total. The summed E-state index contributed by atoms with van der Waals surface area (Å²) < 4.78 is 13.5. The van der Waals surface area contributed by atoms with Crippen LogP contribution in [0.1, 0.15) is 40.3 Å². The highest BCUT2D eigenvalue weighted by atomic mass is 35.5. The maximum absolute atomic E-state index is 6.40. The van der Waals surface area contributed by atoms with E-state index in [0.717, 1.165) is 51.1 Å². The van der Waals surface area contributed by atoms with E-state index in [4.69, 9.17) is 33.3 Å². The van der Waals surface area contributed by atoms with Crippen LogP contribution in [-0.2, 0) is 0 Å². The van der Waals surface area contributed by atoms with Gasteiger partial charge in [0.05, 0.1) is 17.8 Å². The van der Waals surface area contributed by atoms with Gasteiger partial charge in [-0.05, 0) is 86.6 Å². The van der Waals surface area contributed by atoms with Crippen LogP contribution in [0.4, 0.5) is 5.69 Å². The van der Waals surface area contributed by atoms with Crippen LogP contribution in [0.5, 0.6) is 11.5 Å². The van der Waals surface area contributed by atoms with Gasteiger partial charge in [-0.25, -0.2) is 0 Å². The van der Waals surface area contributed by atoms with E-state index in [0.29, 0.717) is 10.1 Å². The van der Waals surface area contributed by atoms with Crippen LogP contribution in [0.2, 0.25) is 5.02 Å². The van der Waals surface area contributed by atoms with Gasteiger partial charge >= 0.3 is 0 Å². The van der Waals surface area contributed by atoms with Crippen LogP contribution in [0, 0.1) is 20.8 Å². The van der Waals surface area contributed by atoms with E-state index in [-0.39, 0.29) is 18.9 Å². The van der Waals surface area contributed by atoms with Gasteiger partial charge in [0.2, 0.25) is 6.79 Å². The first-order valence-electron chi connectivity index (χ1n) is 11.8. The molecule has 0 radical (unpaired) electrons. The second-order valence-electron chi connectivity index (χ2n) is 9.13. The predicted octanol–water partition coefficient (Wildman–Crippen LogP) is 6.36. The van der Waals surface area contributed by atoms with Crippen molar-refractivity contribution < 1.29 is 9.47 Å². The molecule has 1 fully saturated rings. The number of pyridine rings is 1. The number of aryl methyl sites for hydroxylation is 2. The lowest BCUT2D eigenvalue weighted by atomic mass is 9.96. The number of nitrogens with one attached hydrogen (secondary N) is 1. The summed E-state index contributed by atoms with van der Waals surface area (Å²) >= 11 is 12.3. The fourth-order valence-corrected chi connectivity index (χ4v) is 5.78. The smallest absolute Gasteiger partial charge is 0.231 e. The molecule has 182 valence electrons. The summed E-state index contributed by atoms with van der Waals surface area (Å²) in [5, 5.41) is 4.89. The largest absolute Gasteiger partial charge is 0.454 e. The quantitative estimate of drug-likeness (QED) is 0.319. The molecule has 0 bridgehead atoms. The number of benzene rings is 2. The molecule has 2 aliphatic heterocycles. The fourth-order valence-electron chi connectivity index (χ4n) is 5.27. The van der Waals surface area contributed by atoms with E-state index in [9.17, 15) is 0 Å². The molecule has 4 aromatic rings. The summed E-state index contributed by atoms with van der Waals surface area (Å²) in [6, 6.07) is 19.9. The number of thiocarbonyl (C=S) groups is 1. The Bertz CT molecular complexity index is 1490. The van der Waals surface area contributed by atoms with Crippen molar-refractivity contribution in [1.82, 2.24) is 14.9 Å². The average Bonchev–Trinajstić information content (AvgIpc) is 3.56. The number of aromatic nitrogens is 2. The van der Waals surface area contributed by atoms with Crippen LogP contribution in [0.3, 0.4) is 0 Å². The van der Waals surface area contributed by atoms with Gasteiger partial charge in [-0.15, -0.1) is 0 Å². The molecule has 2 aliphatic rings. The molecule has 0 aliphatic carbocycles. The number of hydrogen-bond donors (Lipinski definition) is 1. The maximum atomic E-state index is 6.40. The molecule has 2 aromatic heterocycles. The zero-order valence-electron chi connectivity index (χ0n) is 20.2. The minimum Gasteiger partial charge on any atom is -0.454 e. The molecule has 0 amide bonds. The Kier molecular flexibility index (Phi) is 5.62. The molecule has 6 rings (SSSR count). The first-order valence-corrected chi connectivity index (χ1v) is 12.6. The summed E-state index contributed by atoms with van der Waals surface area (Å²) in [5.41, 5.74) is 7.49. The molecule has 0 spiro atoms. The summed E-state index contributed by atoms with van der Waals surface area (Å²) in [7, 11) is 0. The maximum Gasteiger partial charge on any atom is 0.231 e. The second-order valence-corrected chi connectivity index (χ2v) is 9.95. The van der Waals surface area contributed by atoms with Crippen LogP contribution in [-0.4, -0.2) is 21.5 Å². The molecular weight excluding hydrogens is 492 g/mol. The first-order chi connectivity index (χ1) is 17.4. The topological polar surface area (TPSA) is 51.6 Å². The third-order valence-corrected chi connectivity index (χ3v) is 7.48. The van der Waals surface area contributed by atoms with Crippen LogP contribution < -0.4 is 19.7 Å². The van der Waals surface area contributed by atoms with Crippen molar-refractivity contribution in [1.29, 1.82) is 0 Å². The number of halogens is 1. The van der Waals surface area contributed by atoms with Gasteiger partial charge < -0.3 is 24.3 Å².